The van der Waals surface area contributed by atoms with Gasteiger partial charge in [-0.15, -0.1) is 24.8 Å². The first-order valence-corrected chi connectivity index (χ1v) is 13.0. The average Bonchev–Trinajstić information content (AvgIpc) is 3.56. The second kappa shape index (κ2) is 15.3. The fourth-order valence-electron chi connectivity index (χ4n) is 5.78. The molecule has 204 valence electrons. The van der Waals surface area contributed by atoms with Crippen molar-refractivity contribution in [2.75, 3.05) is 26.2 Å². The van der Waals surface area contributed by atoms with Gasteiger partial charge < -0.3 is 20.8 Å². The SMILES string of the molecule is Cl.Cl.O=C(O)[C@@H](Cc1cccc(CCCc2cccc(C[C@H](C(=O)O)[C@H]3CCNC3)c2)c1)[C@H]1CCNC1. The highest BCUT2D eigenvalue weighted by Gasteiger charge is 2.31. The molecule has 4 rings (SSSR count). The van der Waals surface area contributed by atoms with Gasteiger partial charge in [-0.05, 0) is 105 Å². The van der Waals surface area contributed by atoms with Crippen LogP contribution in [0.5, 0.6) is 0 Å². The molecule has 2 aliphatic heterocycles. The zero-order chi connectivity index (χ0) is 24.6. The van der Waals surface area contributed by atoms with Crippen molar-refractivity contribution in [1.82, 2.24) is 10.6 Å². The maximum Gasteiger partial charge on any atom is 0.307 e. The van der Waals surface area contributed by atoms with E-state index in [1.807, 2.05) is 24.3 Å². The standard InChI is InChI=1S/C29H38N2O4.2ClH/c32-28(33)26(24-10-12-30-18-24)16-22-8-2-6-20(14-22)4-1-5-21-7-3-9-23(15-21)17-27(29(34)35)25-11-13-31-19-25;;/h2-3,6-9,14-15,24-27,30-31H,1,4-5,10-13,16-19H2,(H,32,33)(H,34,35);2*1H/t24-,25-,26-,27-;;/m0../s1. The molecule has 0 saturated carbocycles. The van der Waals surface area contributed by atoms with E-state index < -0.39 is 11.9 Å². The number of hydrogen-bond donors (Lipinski definition) is 4. The number of carbonyl (C=O) groups is 2. The van der Waals surface area contributed by atoms with Gasteiger partial charge in [0.1, 0.15) is 0 Å². The van der Waals surface area contributed by atoms with Gasteiger partial charge in [-0.1, -0.05) is 48.5 Å². The topological polar surface area (TPSA) is 98.7 Å². The van der Waals surface area contributed by atoms with Crippen LogP contribution < -0.4 is 10.6 Å². The molecular weight excluding hydrogens is 511 g/mol. The summed E-state index contributed by atoms with van der Waals surface area (Å²) < 4.78 is 0. The number of nitrogens with one attached hydrogen (secondary N) is 2. The molecule has 2 fully saturated rings. The Morgan fingerprint density at radius 2 is 1.14 bits per heavy atom. The summed E-state index contributed by atoms with van der Waals surface area (Å²) in [4.78, 5) is 23.7. The molecule has 37 heavy (non-hydrogen) atoms. The number of hydrogen-bond acceptors (Lipinski definition) is 4. The molecule has 0 aliphatic carbocycles. The van der Waals surface area contributed by atoms with Crippen LogP contribution in [0.25, 0.3) is 0 Å². The molecule has 0 radical (unpaired) electrons. The largest absolute Gasteiger partial charge is 0.481 e. The second-order valence-corrected chi connectivity index (χ2v) is 10.3. The van der Waals surface area contributed by atoms with Crippen molar-refractivity contribution in [3.63, 3.8) is 0 Å². The Morgan fingerprint density at radius 1 is 0.730 bits per heavy atom. The van der Waals surface area contributed by atoms with E-state index in [0.717, 1.165) is 69.4 Å². The minimum absolute atomic E-state index is 0. The van der Waals surface area contributed by atoms with Crippen LogP contribution in [-0.2, 0) is 35.3 Å². The summed E-state index contributed by atoms with van der Waals surface area (Å²) in [7, 11) is 0. The molecule has 0 aromatic heterocycles. The van der Waals surface area contributed by atoms with Gasteiger partial charge in [0.05, 0.1) is 11.8 Å². The summed E-state index contributed by atoms with van der Waals surface area (Å²) in [6, 6.07) is 16.8. The number of benzene rings is 2. The highest BCUT2D eigenvalue weighted by molar-refractivity contribution is 5.85. The van der Waals surface area contributed by atoms with Gasteiger partial charge in [-0.3, -0.25) is 9.59 Å². The third kappa shape index (κ3) is 8.99. The molecule has 0 bridgehead atoms. The summed E-state index contributed by atoms with van der Waals surface area (Å²) in [5.41, 5.74) is 4.69. The van der Waals surface area contributed by atoms with Crippen LogP contribution in [0.1, 0.15) is 41.5 Å². The monoisotopic (exact) mass is 550 g/mol. The Labute approximate surface area is 232 Å². The zero-order valence-electron chi connectivity index (χ0n) is 21.2. The fraction of sp³-hybridized carbons (Fsp3) is 0.517. The third-order valence-corrected chi connectivity index (χ3v) is 7.79. The summed E-state index contributed by atoms with van der Waals surface area (Å²) in [5, 5.41) is 26.0. The van der Waals surface area contributed by atoms with Crippen LogP contribution in [0.4, 0.5) is 0 Å². The molecule has 0 unspecified atom stereocenters. The van der Waals surface area contributed by atoms with Crippen LogP contribution in [0, 0.1) is 23.7 Å². The first-order valence-electron chi connectivity index (χ1n) is 13.0. The van der Waals surface area contributed by atoms with Crippen molar-refractivity contribution in [2.24, 2.45) is 23.7 Å². The summed E-state index contributed by atoms with van der Waals surface area (Å²) in [5.74, 6) is -1.66. The minimum Gasteiger partial charge on any atom is -0.481 e. The van der Waals surface area contributed by atoms with Gasteiger partial charge in [0.25, 0.3) is 0 Å². The molecular formula is C29H40Cl2N2O4. The number of carboxylic acid groups (broad SMARTS) is 2. The predicted molar refractivity (Wildman–Crippen MR) is 151 cm³/mol. The van der Waals surface area contributed by atoms with E-state index in [0.29, 0.717) is 12.8 Å². The van der Waals surface area contributed by atoms with Gasteiger partial charge in [-0.2, -0.15) is 0 Å². The Morgan fingerprint density at radius 3 is 1.49 bits per heavy atom. The molecule has 2 heterocycles. The van der Waals surface area contributed by atoms with Crippen molar-refractivity contribution in [2.45, 2.75) is 44.9 Å². The zero-order valence-corrected chi connectivity index (χ0v) is 22.9. The quantitative estimate of drug-likeness (QED) is 0.312. The maximum atomic E-state index is 11.8. The lowest BCUT2D eigenvalue weighted by molar-refractivity contribution is -0.144. The van der Waals surface area contributed by atoms with Gasteiger partial charge in [0.15, 0.2) is 0 Å². The summed E-state index contributed by atoms with van der Waals surface area (Å²) in [6.45, 7) is 3.40. The number of aliphatic carboxylic acids is 2. The van der Waals surface area contributed by atoms with Gasteiger partial charge in [0.2, 0.25) is 0 Å². The van der Waals surface area contributed by atoms with E-state index in [-0.39, 0.29) is 48.5 Å². The molecule has 2 saturated heterocycles. The number of carboxylic acids is 2. The fourth-order valence-corrected chi connectivity index (χ4v) is 5.78. The third-order valence-electron chi connectivity index (χ3n) is 7.79. The van der Waals surface area contributed by atoms with E-state index in [1.54, 1.807) is 0 Å². The van der Waals surface area contributed by atoms with Crippen molar-refractivity contribution in [3.05, 3.63) is 70.8 Å². The number of aryl methyl sites for hydroxylation is 2. The van der Waals surface area contributed by atoms with Crippen LogP contribution in [-0.4, -0.2) is 48.3 Å². The Kier molecular flexibility index (Phi) is 12.9. The second-order valence-electron chi connectivity index (χ2n) is 10.3. The summed E-state index contributed by atoms with van der Waals surface area (Å²) in [6.07, 6.45) is 5.90. The van der Waals surface area contributed by atoms with E-state index in [4.69, 9.17) is 0 Å². The molecule has 6 nitrogen and oxygen atoms in total. The van der Waals surface area contributed by atoms with Crippen molar-refractivity contribution in [3.8, 4) is 0 Å². The average molecular weight is 552 g/mol. The van der Waals surface area contributed by atoms with Crippen LogP contribution in [0.3, 0.4) is 0 Å². The molecule has 8 heteroatoms. The molecule has 2 aromatic rings. The number of halogens is 2. The Balaban J connectivity index is 0.00000241. The van der Waals surface area contributed by atoms with E-state index in [1.165, 1.54) is 11.1 Å². The first-order chi connectivity index (χ1) is 17.0. The van der Waals surface area contributed by atoms with Crippen molar-refractivity contribution >= 4 is 36.8 Å². The Bertz CT molecular complexity index is 927. The molecule has 0 spiro atoms. The van der Waals surface area contributed by atoms with Crippen molar-refractivity contribution < 1.29 is 19.8 Å². The van der Waals surface area contributed by atoms with Gasteiger partial charge in [-0.25, -0.2) is 0 Å². The first kappa shape index (κ1) is 31.1. The smallest absolute Gasteiger partial charge is 0.307 e. The molecule has 2 aliphatic rings. The van der Waals surface area contributed by atoms with Crippen LogP contribution in [0.2, 0.25) is 0 Å². The van der Waals surface area contributed by atoms with Crippen molar-refractivity contribution in [1.29, 1.82) is 0 Å². The predicted octanol–water partition coefficient (Wildman–Crippen LogP) is 4.41. The lowest BCUT2D eigenvalue weighted by Crippen LogP contribution is -2.27. The summed E-state index contributed by atoms with van der Waals surface area (Å²) >= 11 is 0. The highest BCUT2D eigenvalue weighted by atomic mass is 35.5. The normalized spacial score (nSPS) is 20.4. The number of rotatable bonds is 12. The molecule has 2 aromatic carbocycles. The van der Waals surface area contributed by atoms with E-state index in [2.05, 4.69) is 34.9 Å². The molecule has 4 N–H and O–H groups in total. The lowest BCUT2D eigenvalue weighted by Gasteiger charge is -2.19. The van der Waals surface area contributed by atoms with E-state index in [9.17, 15) is 19.8 Å². The minimum atomic E-state index is -0.696. The molecule has 4 atom stereocenters. The Hall–Kier alpha value is -2.12. The van der Waals surface area contributed by atoms with Gasteiger partial charge >= 0.3 is 11.9 Å². The lowest BCUT2D eigenvalue weighted by atomic mass is 9.85. The molecule has 0 amide bonds. The van der Waals surface area contributed by atoms with E-state index >= 15 is 0 Å². The van der Waals surface area contributed by atoms with Crippen LogP contribution >= 0.6 is 24.8 Å². The highest BCUT2D eigenvalue weighted by Crippen LogP contribution is 2.26. The maximum absolute atomic E-state index is 11.8. The van der Waals surface area contributed by atoms with Gasteiger partial charge in [0, 0.05) is 0 Å². The van der Waals surface area contributed by atoms with Crippen LogP contribution in [0.15, 0.2) is 48.5 Å².